The standard InChI is InChI=1S/C17H14N4O2S/c1-3-23-17(22)14-10-24-16(20-14)12(8-18)7-13-9-19-15-11(2)5-4-6-21(13)15/h4-7,9-10H,3H2,1-2H3. The van der Waals surface area contributed by atoms with Gasteiger partial charge in [-0.25, -0.2) is 14.8 Å². The molecule has 0 amide bonds. The fourth-order valence-electron chi connectivity index (χ4n) is 2.26. The van der Waals surface area contributed by atoms with Crippen molar-refractivity contribution in [3.05, 3.63) is 51.9 Å². The number of fused-ring (bicyclic) bond motifs is 1. The van der Waals surface area contributed by atoms with Crippen LogP contribution in [0.15, 0.2) is 29.9 Å². The molecule has 3 aromatic rings. The van der Waals surface area contributed by atoms with Crippen LogP contribution in [0.1, 0.15) is 33.7 Å². The Labute approximate surface area is 142 Å². The summed E-state index contributed by atoms with van der Waals surface area (Å²) in [4.78, 5) is 20.3. The zero-order chi connectivity index (χ0) is 17.1. The molecule has 0 aliphatic heterocycles. The highest BCUT2D eigenvalue weighted by atomic mass is 32.1. The Kier molecular flexibility index (Phi) is 4.40. The molecule has 0 N–H and O–H groups in total. The van der Waals surface area contributed by atoms with Gasteiger partial charge in [0.05, 0.1) is 24.1 Å². The molecule has 0 fully saturated rings. The fraction of sp³-hybridized carbons (Fsp3) is 0.176. The first kappa shape index (κ1) is 15.9. The van der Waals surface area contributed by atoms with Crippen molar-refractivity contribution in [1.82, 2.24) is 14.4 Å². The van der Waals surface area contributed by atoms with E-state index < -0.39 is 5.97 Å². The number of hydrogen-bond donors (Lipinski definition) is 0. The number of rotatable bonds is 4. The average Bonchev–Trinajstić information content (AvgIpc) is 3.21. The van der Waals surface area contributed by atoms with Crippen LogP contribution in [-0.2, 0) is 4.74 Å². The van der Waals surface area contributed by atoms with Crippen molar-refractivity contribution in [2.75, 3.05) is 6.61 Å². The number of thiazole rings is 1. The average molecular weight is 338 g/mol. The lowest BCUT2D eigenvalue weighted by molar-refractivity contribution is 0.0520. The van der Waals surface area contributed by atoms with Gasteiger partial charge in [-0.3, -0.25) is 0 Å². The van der Waals surface area contributed by atoms with E-state index in [9.17, 15) is 10.1 Å². The molecule has 3 heterocycles. The SMILES string of the molecule is CCOC(=O)c1csc(C(C#N)=Cc2cnc3c(C)cccn23)n1. The molecule has 0 spiro atoms. The first-order chi connectivity index (χ1) is 11.6. The van der Waals surface area contributed by atoms with Gasteiger partial charge in [0.2, 0.25) is 0 Å². The van der Waals surface area contributed by atoms with Gasteiger partial charge in [0.25, 0.3) is 0 Å². The van der Waals surface area contributed by atoms with Crippen molar-refractivity contribution in [2.24, 2.45) is 0 Å². The highest BCUT2D eigenvalue weighted by Crippen LogP contribution is 2.23. The second-order valence-corrected chi connectivity index (χ2v) is 5.85. The molecule has 3 rings (SSSR count). The predicted octanol–water partition coefficient (Wildman–Crippen LogP) is 3.34. The van der Waals surface area contributed by atoms with Gasteiger partial charge in [0.1, 0.15) is 16.7 Å². The van der Waals surface area contributed by atoms with Gasteiger partial charge in [0.15, 0.2) is 5.69 Å². The quantitative estimate of drug-likeness (QED) is 0.538. The summed E-state index contributed by atoms with van der Waals surface area (Å²) in [6, 6.07) is 6.04. The molecule has 0 aromatic carbocycles. The Morgan fingerprint density at radius 3 is 3.12 bits per heavy atom. The highest BCUT2D eigenvalue weighted by molar-refractivity contribution is 7.11. The molecular weight excluding hydrogens is 324 g/mol. The summed E-state index contributed by atoms with van der Waals surface area (Å²) in [5.74, 6) is -0.484. The largest absolute Gasteiger partial charge is 0.461 e. The van der Waals surface area contributed by atoms with Crippen LogP contribution >= 0.6 is 11.3 Å². The molecule has 0 unspecified atom stereocenters. The lowest BCUT2D eigenvalue weighted by Crippen LogP contribution is -2.04. The lowest BCUT2D eigenvalue weighted by Gasteiger charge is -1.99. The molecule has 7 heteroatoms. The van der Waals surface area contributed by atoms with E-state index in [0.717, 1.165) is 16.9 Å². The summed E-state index contributed by atoms with van der Waals surface area (Å²) in [6.07, 6.45) is 5.31. The fourth-order valence-corrected chi connectivity index (χ4v) is 3.02. The zero-order valence-corrected chi connectivity index (χ0v) is 14.0. The minimum absolute atomic E-state index is 0.215. The molecule has 0 radical (unpaired) electrons. The summed E-state index contributed by atoms with van der Waals surface area (Å²) < 4.78 is 6.83. The maximum atomic E-state index is 11.7. The number of aryl methyl sites for hydroxylation is 1. The van der Waals surface area contributed by atoms with Gasteiger partial charge in [-0.15, -0.1) is 11.3 Å². The van der Waals surface area contributed by atoms with Crippen molar-refractivity contribution in [3.63, 3.8) is 0 Å². The van der Waals surface area contributed by atoms with E-state index in [1.807, 2.05) is 29.7 Å². The van der Waals surface area contributed by atoms with Gasteiger partial charge in [-0.2, -0.15) is 5.26 Å². The molecule has 0 aliphatic carbocycles. The Morgan fingerprint density at radius 1 is 1.54 bits per heavy atom. The number of ether oxygens (including phenoxy) is 1. The molecule has 0 saturated heterocycles. The summed E-state index contributed by atoms with van der Waals surface area (Å²) in [5, 5.41) is 11.5. The van der Waals surface area contributed by atoms with E-state index in [2.05, 4.69) is 16.0 Å². The summed E-state index contributed by atoms with van der Waals surface area (Å²) in [7, 11) is 0. The number of esters is 1. The molecule has 6 nitrogen and oxygen atoms in total. The van der Waals surface area contributed by atoms with E-state index in [1.165, 1.54) is 11.3 Å². The second-order valence-electron chi connectivity index (χ2n) is 5.00. The maximum Gasteiger partial charge on any atom is 0.357 e. The highest BCUT2D eigenvalue weighted by Gasteiger charge is 2.14. The Bertz CT molecular complexity index is 978. The van der Waals surface area contributed by atoms with Crippen LogP contribution in [0.4, 0.5) is 0 Å². The summed E-state index contributed by atoms with van der Waals surface area (Å²) in [5.41, 5.74) is 3.26. The van der Waals surface area contributed by atoms with Gasteiger partial charge in [-0.05, 0) is 31.6 Å². The van der Waals surface area contributed by atoms with E-state index in [4.69, 9.17) is 4.74 Å². The summed E-state index contributed by atoms with van der Waals surface area (Å²) in [6.45, 7) is 4.00. The van der Waals surface area contributed by atoms with Gasteiger partial charge < -0.3 is 9.14 Å². The molecule has 0 saturated carbocycles. The van der Waals surface area contributed by atoms with Crippen LogP contribution in [0.2, 0.25) is 0 Å². The predicted molar refractivity (Wildman–Crippen MR) is 91.5 cm³/mol. The number of imidazole rings is 1. The molecule has 0 aliphatic rings. The maximum absolute atomic E-state index is 11.7. The monoisotopic (exact) mass is 338 g/mol. The van der Waals surface area contributed by atoms with E-state index >= 15 is 0 Å². The van der Waals surface area contributed by atoms with Crippen LogP contribution < -0.4 is 0 Å². The number of carbonyl (C=O) groups excluding carboxylic acids is 1. The number of nitrogens with zero attached hydrogens (tertiary/aromatic N) is 4. The van der Waals surface area contributed by atoms with Crippen molar-refractivity contribution < 1.29 is 9.53 Å². The molecule has 120 valence electrons. The molecule has 0 atom stereocenters. The van der Waals surface area contributed by atoms with Crippen LogP contribution in [0.3, 0.4) is 0 Å². The first-order valence-corrected chi connectivity index (χ1v) is 8.19. The van der Waals surface area contributed by atoms with E-state index in [1.54, 1.807) is 24.6 Å². The Hall–Kier alpha value is -2.98. The van der Waals surface area contributed by atoms with Crippen molar-refractivity contribution in [3.8, 4) is 6.07 Å². The van der Waals surface area contributed by atoms with Gasteiger partial charge in [0, 0.05) is 11.6 Å². The topological polar surface area (TPSA) is 80.3 Å². The van der Waals surface area contributed by atoms with Crippen LogP contribution in [0.25, 0.3) is 17.3 Å². The van der Waals surface area contributed by atoms with Crippen molar-refractivity contribution in [1.29, 1.82) is 5.26 Å². The number of hydrogen-bond acceptors (Lipinski definition) is 6. The summed E-state index contributed by atoms with van der Waals surface area (Å²) >= 11 is 1.23. The third-order valence-electron chi connectivity index (χ3n) is 3.39. The number of pyridine rings is 1. The lowest BCUT2D eigenvalue weighted by atomic mass is 10.2. The van der Waals surface area contributed by atoms with Crippen molar-refractivity contribution in [2.45, 2.75) is 13.8 Å². The van der Waals surface area contributed by atoms with Crippen LogP contribution in [0.5, 0.6) is 0 Å². The van der Waals surface area contributed by atoms with Gasteiger partial charge in [-0.1, -0.05) is 6.07 Å². The van der Waals surface area contributed by atoms with Crippen LogP contribution in [-0.4, -0.2) is 26.9 Å². The minimum atomic E-state index is -0.484. The molecule has 24 heavy (non-hydrogen) atoms. The third-order valence-corrected chi connectivity index (χ3v) is 4.27. The van der Waals surface area contributed by atoms with Gasteiger partial charge >= 0.3 is 5.97 Å². The molecular formula is C17H14N4O2S. The smallest absolute Gasteiger partial charge is 0.357 e. The van der Waals surface area contributed by atoms with Crippen molar-refractivity contribution >= 4 is 34.6 Å². The normalized spacial score (nSPS) is 11.5. The van der Waals surface area contributed by atoms with Crippen LogP contribution in [0, 0.1) is 18.3 Å². The Balaban J connectivity index is 1.99. The van der Waals surface area contributed by atoms with E-state index in [-0.39, 0.29) is 12.3 Å². The number of aromatic nitrogens is 3. The number of carbonyl (C=O) groups is 1. The van der Waals surface area contributed by atoms with E-state index in [0.29, 0.717) is 10.6 Å². The second kappa shape index (κ2) is 6.64. The minimum Gasteiger partial charge on any atom is -0.461 e. The molecule has 0 bridgehead atoms. The molecule has 3 aromatic heterocycles. The Morgan fingerprint density at radius 2 is 2.38 bits per heavy atom. The number of allylic oxidation sites excluding steroid dienone is 1. The number of nitriles is 1. The first-order valence-electron chi connectivity index (χ1n) is 7.31. The third kappa shape index (κ3) is 2.92. The zero-order valence-electron chi connectivity index (χ0n) is 13.2.